The van der Waals surface area contributed by atoms with E-state index in [-0.39, 0.29) is 5.91 Å². The quantitative estimate of drug-likeness (QED) is 0.868. The molecule has 0 radical (unpaired) electrons. The van der Waals surface area contributed by atoms with E-state index in [4.69, 9.17) is 11.6 Å². The molecule has 1 atom stereocenters. The molecule has 19 heavy (non-hydrogen) atoms. The van der Waals surface area contributed by atoms with Gasteiger partial charge in [-0.15, -0.1) is 0 Å². The maximum absolute atomic E-state index is 11.4. The molecule has 1 heterocycles. The van der Waals surface area contributed by atoms with Gasteiger partial charge < -0.3 is 10.6 Å². The van der Waals surface area contributed by atoms with Crippen LogP contribution in [0, 0.1) is 5.92 Å². The number of fused-ring (bicyclic) bond motifs is 1. The number of carbonyl (C=O) groups is 1. The number of carbonyl (C=O) groups excluding carboxylic acids is 1. The summed E-state index contributed by atoms with van der Waals surface area (Å²) in [6.45, 7) is 3.05. The highest BCUT2D eigenvalue weighted by Gasteiger charge is 2.28. The van der Waals surface area contributed by atoms with Crippen molar-refractivity contribution in [1.82, 2.24) is 5.32 Å². The Hall–Kier alpha value is -1.06. The Balaban J connectivity index is 1.89. The van der Waals surface area contributed by atoms with Crippen LogP contribution >= 0.6 is 11.6 Å². The first kappa shape index (κ1) is 12.9. The third-order valence-electron chi connectivity index (χ3n) is 3.94. The van der Waals surface area contributed by atoms with Gasteiger partial charge in [-0.3, -0.25) is 4.79 Å². The van der Waals surface area contributed by atoms with Crippen molar-refractivity contribution in [3.05, 3.63) is 28.3 Å². The monoisotopic (exact) mass is 278 g/mol. The maximum atomic E-state index is 11.4. The molecule has 2 N–H and O–H groups in total. The SMILES string of the molecule is CCNC(CC1CC1)c1cc2c(cc1Cl)NC(=O)C2. The zero-order valence-corrected chi connectivity index (χ0v) is 11.9. The summed E-state index contributed by atoms with van der Waals surface area (Å²) in [5.41, 5.74) is 3.09. The summed E-state index contributed by atoms with van der Waals surface area (Å²) in [5, 5.41) is 7.13. The van der Waals surface area contributed by atoms with E-state index >= 15 is 0 Å². The van der Waals surface area contributed by atoms with Crippen molar-refractivity contribution in [3.8, 4) is 0 Å². The molecule has 2 aliphatic rings. The van der Waals surface area contributed by atoms with Gasteiger partial charge in [0.1, 0.15) is 0 Å². The van der Waals surface area contributed by atoms with Crippen molar-refractivity contribution in [1.29, 1.82) is 0 Å². The van der Waals surface area contributed by atoms with Crippen molar-refractivity contribution >= 4 is 23.2 Å². The summed E-state index contributed by atoms with van der Waals surface area (Å²) in [4.78, 5) is 11.4. The fourth-order valence-electron chi connectivity index (χ4n) is 2.79. The third-order valence-corrected chi connectivity index (χ3v) is 4.27. The molecule has 1 fully saturated rings. The molecule has 4 heteroatoms. The first-order chi connectivity index (χ1) is 9.17. The van der Waals surface area contributed by atoms with Gasteiger partial charge in [0.2, 0.25) is 5.91 Å². The van der Waals surface area contributed by atoms with Gasteiger partial charge in [0.15, 0.2) is 0 Å². The summed E-state index contributed by atoms with van der Waals surface area (Å²) < 4.78 is 0. The second kappa shape index (κ2) is 5.14. The molecule has 1 unspecified atom stereocenters. The van der Waals surface area contributed by atoms with E-state index in [0.717, 1.165) is 40.7 Å². The van der Waals surface area contributed by atoms with Crippen molar-refractivity contribution in [2.24, 2.45) is 5.92 Å². The maximum Gasteiger partial charge on any atom is 0.228 e. The van der Waals surface area contributed by atoms with Crippen LogP contribution in [0.15, 0.2) is 12.1 Å². The highest BCUT2D eigenvalue weighted by atomic mass is 35.5. The first-order valence-corrected chi connectivity index (χ1v) is 7.40. The summed E-state index contributed by atoms with van der Waals surface area (Å²) in [7, 11) is 0. The van der Waals surface area contributed by atoms with Gasteiger partial charge in [-0.05, 0) is 36.1 Å². The van der Waals surface area contributed by atoms with E-state index in [1.807, 2.05) is 6.07 Å². The number of hydrogen-bond donors (Lipinski definition) is 2. The lowest BCUT2D eigenvalue weighted by molar-refractivity contribution is -0.115. The Morgan fingerprint density at radius 1 is 1.47 bits per heavy atom. The minimum Gasteiger partial charge on any atom is -0.325 e. The van der Waals surface area contributed by atoms with Gasteiger partial charge in [0.25, 0.3) is 0 Å². The summed E-state index contributed by atoms with van der Waals surface area (Å²) in [6.07, 6.45) is 4.30. The zero-order valence-electron chi connectivity index (χ0n) is 11.1. The van der Waals surface area contributed by atoms with Crippen molar-refractivity contribution < 1.29 is 4.79 Å². The molecule has 1 aliphatic heterocycles. The van der Waals surface area contributed by atoms with Crippen LogP contribution in [-0.4, -0.2) is 12.5 Å². The molecule has 3 rings (SSSR count). The number of amides is 1. The Morgan fingerprint density at radius 3 is 2.95 bits per heavy atom. The van der Waals surface area contributed by atoms with Crippen molar-refractivity contribution in [3.63, 3.8) is 0 Å². The lowest BCUT2D eigenvalue weighted by atomic mass is 9.98. The van der Waals surface area contributed by atoms with Crippen molar-refractivity contribution in [2.75, 3.05) is 11.9 Å². The Bertz CT molecular complexity index is 511. The van der Waals surface area contributed by atoms with Gasteiger partial charge in [-0.1, -0.05) is 37.4 Å². The van der Waals surface area contributed by atoms with E-state index in [2.05, 4.69) is 23.6 Å². The normalized spacial score (nSPS) is 19.2. The minimum absolute atomic E-state index is 0.0606. The molecule has 1 aliphatic carbocycles. The van der Waals surface area contributed by atoms with E-state index in [9.17, 15) is 4.79 Å². The van der Waals surface area contributed by atoms with Gasteiger partial charge in [-0.25, -0.2) is 0 Å². The Kier molecular flexibility index (Phi) is 3.50. The van der Waals surface area contributed by atoms with Crippen LogP contribution in [0.5, 0.6) is 0 Å². The largest absolute Gasteiger partial charge is 0.325 e. The van der Waals surface area contributed by atoms with E-state index in [1.54, 1.807) is 0 Å². The standard InChI is InChI=1S/C15H19ClN2O/c1-2-17-14(5-9-3-4-9)11-6-10-7-15(19)18-13(10)8-12(11)16/h6,8-9,14,17H,2-5,7H2,1H3,(H,18,19). The molecule has 0 aromatic heterocycles. The molecule has 0 spiro atoms. The first-order valence-electron chi connectivity index (χ1n) is 7.03. The van der Waals surface area contributed by atoms with Crippen LogP contribution in [0.1, 0.15) is 43.4 Å². The highest BCUT2D eigenvalue weighted by molar-refractivity contribution is 6.32. The number of benzene rings is 1. The molecule has 0 saturated heterocycles. The third kappa shape index (κ3) is 2.77. The molecular weight excluding hydrogens is 260 g/mol. The number of nitrogens with one attached hydrogen (secondary N) is 2. The zero-order chi connectivity index (χ0) is 13.4. The lowest BCUT2D eigenvalue weighted by Crippen LogP contribution is -2.22. The van der Waals surface area contributed by atoms with E-state index in [0.29, 0.717) is 12.5 Å². The molecule has 1 aromatic rings. The van der Waals surface area contributed by atoms with Gasteiger partial charge in [-0.2, -0.15) is 0 Å². The minimum atomic E-state index is 0.0606. The number of halogens is 1. The van der Waals surface area contributed by atoms with Crippen LogP contribution in [0.3, 0.4) is 0 Å². The van der Waals surface area contributed by atoms with Gasteiger partial charge in [0.05, 0.1) is 6.42 Å². The van der Waals surface area contributed by atoms with Gasteiger partial charge >= 0.3 is 0 Å². The number of rotatable bonds is 5. The Labute approximate surface area is 118 Å². The molecule has 3 nitrogen and oxygen atoms in total. The lowest BCUT2D eigenvalue weighted by Gasteiger charge is -2.20. The highest BCUT2D eigenvalue weighted by Crippen LogP contribution is 2.40. The molecule has 102 valence electrons. The molecular formula is C15H19ClN2O. The van der Waals surface area contributed by atoms with E-state index < -0.39 is 0 Å². The molecule has 1 saturated carbocycles. The average Bonchev–Trinajstić information content (AvgIpc) is 3.09. The molecule has 0 bridgehead atoms. The second-order valence-corrected chi connectivity index (χ2v) is 5.95. The van der Waals surface area contributed by atoms with Crippen LogP contribution in [0.2, 0.25) is 5.02 Å². The van der Waals surface area contributed by atoms with Crippen LogP contribution in [0.25, 0.3) is 0 Å². The predicted octanol–water partition coefficient (Wildman–Crippen LogP) is 3.29. The molecule has 1 amide bonds. The van der Waals surface area contributed by atoms with Crippen LogP contribution in [0.4, 0.5) is 5.69 Å². The predicted molar refractivity (Wildman–Crippen MR) is 77.5 cm³/mol. The smallest absolute Gasteiger partial charge is 0.228 e. The van der Waals surface area contributed by atoms with E-state index in [1.165, 1.54) is 12.8 Å². The fraction of sp³-hybridized carbons (Fsp3) is 0.533. The Morgan fingerprint density at radius 2 is 2.26 bits per heavy atom. The summed E-state index contributed by atoms with van der Waals surface area (Å²) in [6, 6.07) is 4.31. The van der Waals surface area contributed by atoms with Crippen LogP contribution < -0.4 is 10.6 Å². The van der Waals surface area contributed by atoms with Crippen molar-refractivity contribution in [2.45, 2.75) is 38.6 Å². The molecule has 1 aromatic carbocycles. The summed E-state index contributed by atoms with van der Waals surface area (Å²) >= 11 is 6.40. The fourth-order valence-corrected chi connectivity index (χ4v) is 3.08. The second-order valence-electron chi connectivity index (χ2n) is 5.55. The topological polar surface area (TPSA) is 41.1 Å². The number of hydrogen-bond acceptors (Lipinski definition) is 2. The summed E-state index contributed by atoms with van der Waals surface area (Å²) in [5.74, 6) is 0.901. The van der Waals surface area contributed by atoms with Gasteiger partial charge in [0, 0.05) is 16.8 Å². The average molecular weight is 279 g/mol. The number of anilines is 1. The van der Waals surface area contributed by atoms with Crippen LogP contribution in [-0.2, 0) is 11.2 Å².